The fourth-order valence-electron chi connectivity index (χ4n) is 1.56. The summed E-state index contributed by atoms with van der Waals surface area (Å²) in [4.78, 5) is 21.9. The molecule has 20 heavy (non-hydrogen) atoms. The molecule has 0 aliphatic rings. The van der Waals surface area contributed by atoms with Gasteiger partial charge in [0.05, 0.1) is 24.4 Å². The highest BCUT2D eigenvalue weighted by Gasteiger charge is 2.18. The van der Waals surface area contributed by atoms with Crippen molar-refractivity contribution < 1.29 is 19.4 Å². The molecule has 1 rings (SSSR count). The Morgan fingerprint density at radius 3 is 2.70 bits per heavy atom. The number of carboxylic acid groups (broad SMARTS) is 1. The van der Waals surface area contributed by atoms with Gasteiger partial charge in [-0.25, -0.2) is 4.79 Å². The van der Waals surface area contributed by atoms with E-state index in [0.29, 0.717) is 17.0 Å². The average molecular weight is 277 g/mol. The number of carboxylic acids is 1. The maximum Gasteiger partial charge on any atom is 0.328 e. The fraction of sp³-hybridized carbons (Fsp3) is 0.308. The first-order valence-corrected chi connectivity index (χ1v) is 5.80. The van der Waals surface area contributed by atoms with Crippen LogP contribution in [0.4, 0.5) is 5.69 Å². The molecule has 0 radical (unpaired) electrons. The van der Waals surface area contributed by atoms with Crippen LogP contribution in [0.5, 0.6) is 5.75 Å². The molecule has 0 fully saturated rings. The van der Waals surface area contributed by atoms with E-state index in [4.69, 9.17) is 15.1 Å². The van der Waals surface area contributed by atoms with E-state index in [0.717, 1.165) is 0 Å². The van der Waals surface area contributed by atoms with Gasteiger partial charge in [-0.05, 0) is 12.1 Å². The highest BCUT2D eigenvalue weighted by Crippen LogP contribution is 2.25. The summed E-state index contributed by atoms with van der Waals surface area (Å²) in [6.07, 6.45) is 0. The van der Waals surface area contributed by atoms with Crippen LogP contribution in [0.2, 0.25) is 0 Å². The number of benzene rings is 1. The maximum absolute atomic E-state index is 11.0. The van der Waals surface area contributed by atoms with Crippen molar-refractivity contribution in [1.29, 1.82) is 5.26 Å². The van der Waals surface area contributed by atoms with Crippen LogP contribution in [0.25, 0.3) is 0 Å². The quantitative estimate of drug-likeness (QED) is 0.701. The molecule has 1 aromatic carbocycles. The zero-order valence-electron chi connectivity index (χ0n) is 11.1. The van der Waals surface area contributed by atoms with E-state index in [1.54, 1.807) is 12.1 Å². The Hall–Kier alpha value is -2.75. The van der Waals surface area contributed by atoms with Gasteiger partial charge in [-0.15, -0.1) is 0 Å². The second-order valence-corrected chi connectivity index (χ2v) is 4.00. The van der Waals surface area contributed by atoms with E-state index >= 15 is 0 Å². The number of anilines is 1. The molecule has 0 aliphatic heterocycles. The SMILES string of the molecule is COc1cc(C#N)ccc1NCC(NC(C)=O)C(=O)O. The summed E-state index contributed by atoms with van der Waals surface area (Å²) in [7, 11) is 1.45. The van der Waals surface area contributed by atoms with Crippen LogP contribution in [0.15, 0.2) is 18.2 Å². The van der Waals surface area contributed by atoms with Crippen LogP contribution in [0.3, 0.4) is 0 Å². The van der Waals surface area contributed by atoms with Gasteiger partial charge >= 0.3 is 5.97 Å². The molecule has 0 heterocycles. The Morgan fingerprint density at radius 1 is 1.50 bits per heavy atom. The van der Waals surface area contributed by atoms with Crippen molar-refractivity contribution in [2.24, 2.45) is 0 Å². The second kappa shape index (κ2) is 6.99. The topological polar surface area (TPSA) is 111 Å². The van der Waals surface area contributed by atoms with E-state index in [2.05, 4.69) is 10.6 Å². The molecule has 1 unspecified atom stereocenters. The average Bonchev–Trinajstić information content (AvgIpc) is 2.42. The molecule has 0 aliphatic carbocycles. The lowest BCUT2D eigenvalue weighted by molar-refractivity contribution is -0.141. The first-order valence-electron chi connectivity index (χ1n) is 5.80. The predicted molar refractivity (Wildman–Crippen MR) is 71.4 cm³/mol. The Kier molecular flexibility index (Phi) is 5.35. The molecule has 0 saturated carbocycles. The van der Waals surface area contributed by atoms with Crippen molar-refractivity contribution in [2.75, 3.05) is 19.0 Å². The molecule has 0 saturated heterocycles. The van der Waals surface area contributed by atoms with Crippen molar-refractivity contribution in [3.8, 4) is 11.8 Å². The molecule has 7 heteroatoms. The molecule has 0 bridgehead atoms. The number of rotatable bonds is 6. The van der Waals surface area contributed by atoms with Crippen LogP contribution in [-0.4, -0.2) is 36.7 Å². The molecule has 1 amide bonds. The zero-order chi connectivity index (χ0) is 15.1. The van der Waals surface area contributed by atoms with E-state index in [-0.39, 0.29) is 6.54 Å². The zero-order valence-corrected chi connectivity index (χ0v) is 11.1. The fourth-order valence-corrected chi connectivity index (χ4v) is 1.56. The third kappa shape index (κ3) is 4.17. The van der Waals surface area contributed by atoms with Crippen LogP contribution < -0.4 is 15.4 Å². The summed E-state index contributed by atoms with van der Waals surface area (Å²) in [6, 6.07) is 5.67. The summed E-state index contributed by atoms with van der Waals surface area (Å²) < 4.78 is 5.11. The molecular formula is C13H15N3O4. The van der Waals surface area contributed by atoms with Crippen molar-refractivity contribution >= 4 is 17.6 Å². The highest BCUT2D eigenvalue weighted by molar-refractivity contribution is 5.82. The number of aliphatic carboxylic acids is 1. The van der Waals surface area contributed by atoms with Crippen LogP contribution in [0.1, 0.15) is 12.5 Å². The van der Waals surface area contributed by atoms with Crippen LogP contribution in [0, 0.1) is 11.3 Å². The highest BCUT2D eigenvalue weighted by atomic mass is 16.5. The van der Waals surface area contributed by atoms with Gasteiger partial charge in [0.1, 0.15) is 11.8 Å². The predicted octanol–water partition coefficient (Wildman–Crippen LogP) is 0.568. The lowest BCUT2D eigenvalue weighted by atomic mass is 10.2. The minimum absolute atomic E-state index is 0.00280. The standard InChI is InChI=1S/C13H15N3O4/c1-8(17)16-11(13(18)19)7-15-10-4-3-9(6-14)5-12(10)20-2/h3-5,11,15H,7H2,1-2H3,(H,16,17)(H,18,19). The summed E-state index contributed by atoms with van der Waals surface area (Å²) in [6.45, 7) is 1.25. The maximum atomic E-state index is 11.0. The lowest BCUT2D eigenvalue weighted by Gasteiger charge is -2.16. The molecule has 106 valence electrons. The van der Waals surface area contributed by atoms with E-state index < -0.39 is 17.9 Å². The largest absolute Gasteiger partial charge is 0.495 e. The van der Waals surface area contributed by atoms with Gasteiger partial charge in [0, 0.05) is 19.5 Å². The number of amides is 1. The minimum Gasteiger partial charge on any atom is -0.495 e. The summed E-state index contributed by atoms with van der Waals surface area (Å²) in [5.41, 5.74) is 0.979. The molecular weight excluding hydrogens is 262 g/mol. The third-order valence-electron chi connectivity index (χ3n) is 2.50. The number of hydrogen-bond acceptors (Lipinski definition) is 5. The van der Waals surface area contributed by atoms with Gasteiger partial charge < -0.3 is 20.5 Å². The summed E-state index contributed by atoms with van der Waals surface area (Å²) in [5.74, 6) is -1.14. The number of carbonyl (C=O) groups excluding carboxylic acids is 1. The van der Waals surface area contributed by atoms with Crippen LogP contribution in [-0.2, 0) is 9.59 Å². The van der Waals surface area contributed by atoms with Crippen molar-refractivity contribution in [1.82, 2.24) is 5.32 Å². The van der Waals surface area contributed by atoms with Gasteiger partial charge in [0.15, 0.2) is 0 Å². The van der Waals surface area contributed by atoms with Crippen molar-refractivity contribution in [2.45, 2.75) is 13.0 Å². The number of nitrogens with one attached hydrogen (secondary N) is 2. The minimum atomic E-state index is -1.14. The van der Waals surface area contributed by atoms with Gasteiger partial charge in [-0.2, -0.15) is 5.26 Å². The molecule has 1 aromatic rings. The second-order valence-electron chi connectivity index (χ2n) is 4.00. The number of ether oxygens (including phenoxy) is 1. The van der Waals surface area contributed by atoms with Gasteiger partial charge in [0.25, 0.3) is 0 Å². The van der Waals surface area contributed by atoms with Crippen molar-refractivity contribution in [3.63, 3.8) is 0 Å². The first-order chi connectivity index (χ1) is 9.47. The van der Waals surface area contributed by atoms with E-state index in [1.165, 1.54) is 20.1 Å². The third-order valence-corrected chi connectivity index (χ3v) is 2.50. The number of carbonyl (C=O) groups is 2. The Labute approximate surface area is 116 Å². The number of methoxy groups -OCH3 is 1. The van der Waals surface area contributed by atoms with Gasteiger partial charge in [0.2, 0.25) is 5.91 Å². The Balaban J connectivity index is 2.80. The van der Waals surface area contributed by atoms with Crippen molar-refractivity contribution in [3.05, 3.63) is 23.8 Å². The molecule has 3 N–H and O–H groups in total. The van der Waals surface area contributed by atoms with Gasteiger partial charge in [-0.1, -0.05) is 0 Å². The number of hydrogen-bond donors (Lipinski definition) is 3. The first kappa shape index (κ1) is 15.3. The van der Waals surface area contributed by atoms with E-state index in [1.807, 2.05) is 6.07 Å². The van der Waals surface area contributed by atoms with Gasteiger partial charge in [-0.3, -0.25) is 4.79 Å². The molecule has 0 spiro atoms. The molecule has 0 aromatic heterocycles. The summed E-state index contributed by atoms with van der Waals surface area (Å²) >= 11 is 0. The normalized spacial score (nSPS) is 11.1. The van der Waals surface area contributed by atoms with E-state index in [9.17, 15) is 9.59 Å². The monoisotopic (exact) mass is 277 g/mol. The van der Waals surface area contributed by atoms with Crippen LogP contribution >= 0.6 is 0 Å². The summed E-state index contributed by atoms with van der Waals surface area (Å²) in [5, 5.41) is 23.0. The lowest BCUT2D eigenvalue weighted by Crippen LogP contribution is -2.44. The molecule has 1 atom stereocenters. The number of nitrogens with zero attached hydrogens (tertiary/aromatic N) is 1. The Morgan fingerprint density at radius 2 is 2.20 bits per heavy atom. The smallest absolute Gasteiger partial charge is 0.328 e. The Bertz CT molecular complexity index is 551. The number of nitriles is 1. The molecule has 7 nitrogen and oxygen atoms in total.